The number of nitrogens with one attached hydrogen (secondary N) is 1. The van der Waals surface area contributed by atoms with Crippen LogP contribution in [0.3, 0.4) is 0 Å². The number of carboxylic acids is 1. The molecule has 0 saturated carbocycles. The number of aromatic nitrogens is 1. The average molecular weight is 334 g/mol. The molecule has 2 aromatic rings. The number of carboxylic acid groups (broad SMARTS) is 1. The van der Waals surface area contributed by atoms with Crippen LogP contribution in [0.25, 0.3) is 11.3 Å². The molecule has 2 rings (SSSR count). The molecule has 0 unspecified atom stereocenters. The summed E-state index contributed by atoms with van der Waals surface area (Å²) in [5, 5.41) is 11.6. The zero-order valence-corrected chi connectivity index (χ0v) is 14.0. The third-order valence-corrected chi connectivity index (χ3v) is 4.17. The number of aliphatic carboxylic acids is 1. The van der Waals surface area contributed by atoms with Crippen LogP contribution in [0, 0.1) is 20.8 Å². The van der Waals surface area contributed by atoms with Crippen molar-refractivity contribution in [2.45, 2.75) is 20.8 Å². The molecule has 6 nitrogen and oxygen atoms in total. The van der Waals surface area contributed by atoms with Crippen LogP contribution in [-0.2, 0) is 14.3 Å². The van der Waals surface area contributed by atoms with Crippen molar-refractivity contribution in [3.63, 3.8) is 0 Å². The third-order valence-electron chi connectivity index (χ3n) is 3.28. The van der Waals surface area contributed by atoms with Gasteiger partial charge in [0.25, 0.3) is 5.91 Å². The number of hydrogen-bond donors (Lipinski definition) is 2. The topological polar surface area (TPSA) is 88.5 Å². The second kappa shape index (κ2) is 7.34. The van der Waals surface area contributed by atoms with E-state index in [0.29, 0.717) is 5.13 Å². The minimum Gasteiger partial charge on any atom is -0.480 e. The number of carbonyl (C=O) groups excluding carboxylic acids is 1. The number of nitrogens with zero attached hydrogens (tertiary/aromatic N) is 1. The maximum Gasteiger partial charge on any atom is 0.329 e. The quantitative estimate of drug-likeness (QED) is 0.848. The highest BCUT2D eigenvalue weighted by Gasteiger charge is 2.13. The van der Waals surface area contributed by atoms with Crippen molar-refractivity contribution in [3.8, 4) is 11.3 Å². The van der Waals surface area contributed by atoms with E-state index in [-0.39, 0.29) is 6.61 Å². The molecule has 0 aliphatic heterocycles. The zero-order chi connectivity index (χ0) is 17.0. The molecule has 1 aromatic heterocycles. The van der Waals surface area contributed by atoms with Crippen LogP contribution in [0.15, 0.2) is 18.2 Å². The second-order valence-electron chi connectivity index (χ2n) is 5.16. The van der Waals surface area contributed by atoms with Gasteiger partial charge in [-0.2, -0.15) is 0 Å². The fourth-order valence-electron chi connectivity index (χ4n) is 1.99. The van der Waals surface area contributed by atoms with Crippen LogP contribution < -0.4 is 5.32 Å². The number of hydrogen-bond acceptors (Lipinski definition) is 5. The van der Waals surface area contributed by atoms with Crippen molar-refractivity contribution in [1.82, 2.24) is 4.98 Å². The fraction of sp³-hybridized carbons (Fsp3) is 0.312. The van der Waals surface area contributed by atoms with Gasteiger partial charge in [0.1, 0.15) is 13.2 Å². The summed E-state index contributed by atoms with van der Waals surface area (Å²) >= 11 is 1.37. The average Bonchev–Trinajstić information content (AvgIpc) is 2.82. The first-order valence-electron chi connectivity index (χ1n) is 7.01. The molecule has 0 spiro atoms. The molecule has 2 N–H and O–H groups in total. The van der Waals surface area contributed by atoms with Crippen LogP contribution in [0.5, 0.6) is 0 Å². The zero-order valence-electron chi connectivity index (χ0n) is 13.2. The molecule has 122 valence electrons. The predicted octanol–water partition coefficient (Wildman–Crippen LogP) is 2.78. The fourth-order valence-corrected chi connectivity index (χ4v) is 2.84. The Balaban J connectivity index is 2.07. The van der Waals surface area contributed by atoms with Crippen LogP contribution in [0.2, 0.25) is 0 Å². The molecule has 0 fully saturated rings. The molecule has 7 heteroatoms. The van der Waals surface area contributed by atoms with Gasteiger partial charge in [-0.1, -0.05) is 12.1 Å². The van der Waals surface area contributed by atoms with E-state index in [1.807, 2.05) is 26.0 Å². The summed E-state index contributed by atoms with van der Waals surface area (Å²) in [5.74, 6) is -1.54. The molecule has 0 bridgehead atoms. The van der Waals surface area contributed by atoms with E-state index >= 15 is 0 Å². The van der Waals surface area contributed by atoms with E-state index < -0.39 is 18.5 Å². The van der Waals surface area contributed by atoms with Gasteiger partial charge >= 0.3 is 5.97 Å². The molecular formula is C16H18N2O4S. The number of thiazole rings is 1. The summed E-state index contributed by atoms with van der Waals surface area (Å²) < 4.78 is 4.74. The van der Waals surface area contributed by atoms with Crippen LogP contribution in [-0.4, -0.2) is 35.2 Å². The maximum atomic E-state index is 11.7. The molecule has 1 heterocycles. The molecule has 0 aliphatic rings. The standard InChI is InChI=1S/C16H18N2O4S/c1-9-4-5-12(6-10(9)2)15-11(3)23-16(18-15)17-13(19)7-22-8-14(20)21/h4-6H,7-8H2,1-3H3,(H,20,21)(H,17,18,19). The lowest BCUT2D eigenvalue weighted by atomic mass is 10.0. The van der Waals surface area contributed by atoms with Crippen LogP contribution in [0.4, 0.5) is 5.13 Å². The number of carbonyl (C=O) groups is 2. The van der Waals surface area contributed by atoms with Gasteiger partial charge in [0, 0.05) is 10.4 Å². The summed E-state index contributed by atoms with van der Waals surface area (Å²) in [4.78, 5) is 27.5. The van der Waals surface area contributed by atoms with Gasteiger partial charge < -0.3 is 9.84 Å². The summed E-state index contributed by atoms with van der Waals surface area (Å²) in [6, 6.07) is 6.12. The van der Waals surface area contributed by atoms with Crippen molar-refractivity contribution in [3.05, 3.63) is 34.2 Å². The molecule has 0 saturated heterocycles. The molecule has 1 amide bonds. The van der Waals surface area contributed by atoms with Gasteiger partial charge in [0.2, 0.25) is 0 Å². The van der Waals surface area contributed by atoms with E-state index in [9.17, 15) is 9.59 Å². The van der Waals surface area contributed by atoms with Gasteiger partial charge in [-0.15, -0.1) is 11.3 Å². The molecule has 0 atom stereocenters. The van der Waals surface area contributed by atoms with E-state index in [0.717, 1.165) is 16.1 Å². The van der Waals surface area contributed by atoms with E-state index in [1.54, 1.807) is 0 Å². The SMILES string of the molecule is Cc1ccc(-c2nc(NC(=O)COCC(=O)O)sc2C)cc1C. The number of anilines is 1. The summed E-state index contributed by atoms with van der Waals surface area (Å²) in [6.07, 6.45) is 0. The monoisotopic (exact) mass is 334 g/mol. The first kappa shape index (κ1) is 17.1. The van der Waals surface area contributed by atoms with Gasteiger partial charge in [0.05, 0.1) is 5.69 Å². The maximum absolute atomic E-state index is 11.7. The highest BCUT2D eigenvalue weighted by molar-refractivity contribution is 7.16. The lowest BCUT2D eigenvalue weighted by Crippen LogP contribution is -2.20. The predicted molar refractivity (Wildman–Crippen MR) is 88.8 cm³/mol. The summed E-state index contributed by atoms with van der Waals surface area (Å²) in [5.41, 5.74) is 4.23. The largest absolute Gasteiger partial charge is 0.480 e. The first-order valence-corrected chi connectivity index (χ1v) is 7.83. The van der Waals surface area contributed by atoms with E-state index in [1.165, 1.54) is 22.5 Å². The molecule has 0 aliphatic carbocycles. The van der Waals surface area contributed by atoms with Crippen molar-refractivity contribution >= 4 is 28.3 Å². The highest BCUT2D eigenvalue weighted by atomic mass is 32.1. The van der Waals surface area contributed by atoms with Gasteiger partial charge in [-0.25, -0.2) is 9.78 Å². The van der Waals surface area contributed by atoms with Gasteiger partial charge in [-0.3, -0.25) is 10.1 Å². The minimum absolute atomic E-state index is 0.316. The van der Waals surface area contributed by atoms with Crippen LogP contribution in [0.1, 0.15) is 16.0 Å². The smallest absolute Gasteiger partial charge is 0.329 e. The Bertz CT molecular complexity index is 740. The Hall–Kier alpha value is -2.25. The van der Waals surface area contributed by atoms with Crippen molar-refractivity contribution in [2.24, 2.45) is 0 Å². The number of rotatable bonds is 6. The number of ether oxygens (including phenoxy) is 1. The Labute approximate surface area is 138 Å². The highest BCUT2D eigenvalue weighted by Crippen LogP contribution is 2.31. The lowest BCUT2D eigenvalue weighted by molar-refractivity contribution is -0.143. The Morgan fingerprint density at radius 2 is 1.96 bits per heavy atom. The van der Waals surface area contributed by atoms with E-state index in [2.05, 4.69) is 23.3 Å². The number of amides is 1. The van der Waals surface area contributed by atoms with Gasteiger partial charge in [-0.05, 0) is 38.0 Å². The molecule has 0 radical (unpaired) electrons. The number of benzene rings is 1. The Kier molecular flexibility index (Phi) is 5.46. The second-order valence-corrected chi connectivity index (χ2v) is 6.36. The third kappa shape index (κ3) is 4.61. The van der Waals surface area contributed by atoms with Crippen molar-refractivity contribution < 1.29 is 19.4 Å². The Morgan fingerprint density at radius 1 is 1.22 bits per heavy atom. The normalized spacial score (nSPS) is 10.6. The minimum atomic E-state index is -1.11. The molecule has 23 heavy (non-hydrogen) atoms. The van der Waals surface area contributed by atoms with Crippen LogP contribution >= 0.6 is 11.3 Å². The Morgan fingerprint density at radius 3 is 2.61 bits per heavy atom. The summed E-state index contributed by atoms with van der Waals surface area (Å²) in [6.45, 7) is 5.22. The van der Waals surface area contributed by atoms with Gasteiger partial charge in [0.15, 0.2) is 5.13 Å². The van der Waals surface area contributed by atoms with Crippen molar-refractivity contribution in [2.75, 3.05) is 18.5 Å². The molecule has 1 aromatic carbocycles. The lowest BCUT2D eigenvalue weighted by Gasteiger charge is -2.04. The summed E-state index contributed by atoms with van der Waals surface area (Å²) in [7, 11) is 0. The van der Waals surface area contributed by atoms with E-state index in [4.69, 9.17) is 9.84 Å². The first-order chi connectivity index (χ1) is 10.9. The van der Waals surface area contributed by atoms with Crippen molar-refractivity contribution in [1.29, 1.82) is 0 Å². The number of aryl methyl sites for hydroxylation is 3. The molecular weight excluding hydrogens is 316 g/mol.